The van der Waals surface area contributed by atoms with Crippen molar-refractivity contribution in [3.63, 3.8) is 0 Å². The Morgan fingerprint density at radius 3 is 2.81 bits per heavy atom. The second-order valence-corrected chi connectivity index (χ2v) is 6.07. The molecule has 0 aliphatic rings. The van der Waals surface area contributed by atoms with Crippen molar-refractivity contribution in [3.8, 4) is 17.6 Å². The smallest absolute Gasteiger partial charge is 0.312 e. The number of nitrogens with one attached hydrogen (secondary N) is 1. The van der Waals surface area contributed by atoms with E-state index in [0.29, 0.717) is 18.0 Å². The van der Waals surface area contributed by atoms with E-state index >= 15 is 0 Å². The zero-order chi connectivity index (χ0) is 20.0. The summed E-state index contributed by atoms with van der Waals surface area (Å²) in [4.78, 5) is 22.6. The van der Waals surface area contributed by atoms with Crippen molar-refractivity contribution in [2.75, 3.05) is 11.9 Å². The molecule has 0 saturated heterocycles. The molecule has 0 fully saturated rings. The first kappa shape index (κ1) is 19.9. The summed E-state index contributed by atoms with van der Waals surface area (Å²) in [6, 6.07) is 10.9. The third-order valence-electron chi connectivity index (χ3n) is 3.34. The number of hydrogen-bond donors (Lipinski definition) is 2. The fourth-order valence-corrected chi connectivity index (χ4v) is 2.64. The van der Waals surface area contributed by atoms with Gasteiger partial charge in [0, 0.05) is 17.8 Å². The minimum atomic E-state index is -0.761. The summed E-state index contributed by atoms with van der Waals surface area (Å²) in [6.45, 7) is 2.30. The Balaban J connectivity index is 2.31. The van der Waals surface area contributed by atoms with Crippen LogP contribution in [0.4, 0.5) is 11.4 Å². The van der Waals surface area contributed by atoms with Crippen molar-refractivity contribution in [2.24, 2.45) is 0 Å². The zero-order valence-electron chi connectivity index (χ0n) is 14.1. The van der Waals surface area contributed by atoms with Crippen molar-refractivity contribution in [1.82, 2.24) is 0 Å². The Morgan fingerprint density at radius 1 is 1.44 bits per heavy atom. The lowest BCUT2D eigenvalue weighted by Gasteiger charge is -2.07. The Morgan fingerprint density at radius 2 is 2.19 bits per heavy atom. The molecule has 0 spiro atoms. The van der Waals surface area contributed by atoms with E-state index in [0.717, 1.165) is 6.07 Å². The number of halogens is 1. The summed E-state index contributed by atoms with van der Waals surface area (Å²) < 4.78 is 5.42. The number of benzene rings is 2. The quantitative estimate of drug-likeness (QED) is 0.308. The number of anilines is 1. The number of phenolic OH excluding ortho intramolecular Hbond substituents is 1. The van der Waals surface area contributed by atoms with Crippen molar-refractivity contribution in [2.45, 2.75) is 6.92 Å². The van der Waals surface area contributed by atoms with Crippen LogP contribution >= 0.6 is 15.9 Å². The fourth-order valence-electron chi connectivity index (χ4n) is 2.17. The summed E-state index contributed by atoms with van der Waals surface area (Å²) in [6.07, 6.45) is 1.19. The Hall–Kier alpha value is -3.38. The number of ether oxygens (including phenoxy) is 1. The number of hydrogen-bond acceptors (Lipinski definition) is 6. The van der Waals surface area contributed by atoms with Gasteiger partial charge in [0.15, 0.2) is 0 Å². The summed E-state index contributed by atoms with van der Waals surface area (Å²) in [7, 11) is 0. The zero-order valence-corrected chi connectivity index (χ0v) is 15.7. The first-order chi connectivity index (χ1) is 12.8. The Labute approximate surface area is 163 Å². The van der Waals surface area contributed by atoms with E-state index in [-0.39, 0.29) is 15.6 Å². The molecule has 9 heteroatoms. The average molecular weight is 432 g/mol. The molecule has 1 amide bonds. The second-order valence-electron chi connectivity index (χ2n) is 5.21. The molecule has 0 radical (unpaired) electrons. The predicted molar refractivity (Wildman–Crippen MR) is 102 cm³/mol. The highest BCUT2D eigenvalue weighted by atomic mass is 79.9. The minimum absolute atomic E-state index is 0.0741. The number of nitro groups is 1. The number of nitrogens with zero attached hydrogens (tertiary/aromatic N) is 2. The normalized spacial score (nSPS) is 10.8. The monoisotopic (exact) mass is 431 g/mol. The van der Waals surface area contributed by atoms with Gasteiger partial charge in [0.1, 0.15) is 17.4 Å². The predicted octanol–water partition coefficient (Wildman–Crippen LogP) is 4.01. The highest BCUT2D eigenvalue weighted by Crippen LogP contribution is 2.35. The maximum Gasteiger partial charge on any atom is 0.312 e. The molecule has 2 aromatic rings. The van der Waals surface area contributed by atoms with Crippen molar-refractivity contribution >= 4 is 39.3 Å². The van der Waals surface area contributed by atoms with E-state index < -0.39 is 22.3 Å². The molecule has 0 aliphatic carbocycles. The molecule has 2 aromatic carbocycles. The van der Waals surface area contributed by atoms with Gasteiger partial charge in [-0.15, -0.1) is 0 Å². The first-order valence-electron chi connectivity index (χ1n) is 7.68. The maximum absolute atomic E-state index is 12.4. The highest BCUT2D eigenvalue weighted by Gasteiger charge is 2.18. The van der Waals surface area contributed by atoms with Gasteiger partial charge in [-0.1, -0.05) is 6.07 Å². The fraction of sp³-hybridized carbons (Fsp3) is 0.111. The maximum atomic E-state index is 12.4. The summed E-state index contributed by atoms with van der Waals surface area (Å²) in [5.41, 5.74) is -0.160. The lowest BCUT2D eigenvalue weighted by Crippen LogP contribution is -2.13. The number of nitro benzene ring substituents is 1. The van der Waals surface area contributed by atoms with Gasteiger partial charge < -0.3 is 15.2 Å². The molecule has 2 N–H and O–H groups in total. The Bertz CT molecular complexity index is 966. The van der Waals surface area contributed by atoms with Crippen molar-refractivity contribution in [1.29, 1.82) is 5.26 Å². The molecule has 0 heterocycles. The number of nitriles is 1. The van der Waals surface area contributed by atoms with Crippen LogP contribution in [0.5, 0.6) is 11.5 Å². The van der Waals surface area contributed by atoms with Gasteiger partial charge in [-0.25, -0.2) is 0 Å². The molecule has 0 bridgehead atoms. The summed E-state index contributed by atoms with van der Waals surface area (Å²) in [5.74, 6) is -0.651. The van der Waals surface area contributed by atoms with Crippen LogP contribution in [0, 0.1) is 21.4 Å². The van der Waals surface area contributed by atoms with Crippen molar-refractivity contribution < 1.29 is 19.6 Å². The van der Waals surface area contributed by atoms with Gasteiger partial charge in [0.2, 0.25) is 5.75 Å². The number of carbonyl (C=O) groups excluding carboxylic acids is 1. The van der Waals surface area contributed by atoms with E-state index in [1.54, 1.807) is 30.3 Å². The molecule has 27 heavy (non-hydrogen) atoms. The average Bonchev–Trinajstić information content (AvgIpc) is 2.62. The lowest BCUT2D eigenvalue weighted by molar-refractivity contribution is -0.386. The van der Waals surface area contributed by atoms with Crippen LogP contribution in [0.15, 0.2) is 46.4 Å². The van der Waals surface area contributed by atoms with Crippen LogP contribution < -0.4 is 10.1 Å². The molecule has 0 aliphatic heterocycles. The molecular formula is C18H14BrN3O5. The van der Waals surface area contributed by atoms with Crippen LogP contribution in [0.1, 0.15) is 12.5 Å². The third kappa shape index (κ3) is 5.05. The number of phenols is 1. The van der Waals surface area contributed by atoms with E-state index in [4.69, 9.17) is 4.74 Å². The largest absolute Gasteiger partial charge is 0.501 e. The molecule has 0 atom stereocenters. The molecule has 2 rings (SSSR count). The van der Waals surface area contributed by atoms with Gasteiger partial charge in [-0.05, 0) is 52.7 Å². The van der Waals surface area contributed by atoms with Gasteiger partial charge in [-0.3, -0.25) is 14.9 Å². The molecule has 0 saturated carbocycles. The van der Waals surface area contributed by atoms with Crippen molar-refractivity contribution in [3.05, 3.63) is 62.1 Å². The Kier molecular flexibility index (Phi) is 6.51. The number of amides is 1. The van der Waals surface area contributed by atoms with E-state index in [1.807, 2.05) is 6.92 Å². The molecule has 138 valence electrons. The first-order valence-corrected chi connectivity index (χ1v) is 8.48. The van der Waals surface area contributed by atoms with E-state index in [2.05, 4.69) is 21.2 Å². The van der Waals surface area contributed by atoms with Gasteiger partial charge in [0.25, 0.3) is 5.91 Å². The number of carbonyl (C=O) groups is 1. The summed E-state index contributed by atoms with van der Waals surface area (Å²) >= 11 is 3.01. The standard InChI is InChI=1S/C18H14BrN3O5/c1-2-27-14-5-3-4-13(9-14)21-18(24)12(10-20)6-11-7-15(19)17(23)16(8-11)22(25)26/h3-9,23H,2H2,1H3,(H,21,24)/b12-6+. The van der Waals surface area contributed by atoms with Gasteiger partial charge in [0.05, 0.1) is 16.0 Å². The third-order valence-corrected chi connectivity index (χ3v) is 3.95. The number of aromatic hydroxyl groups is 1. The highest BCUT2D eigenvalue weighted by molar-refractivity contribution is 9.10. The topological polar surface area (TPSA) is 125 Å². The van der Waals surface area contributed by atoms with Crippen LogP contribution in [-0.2, 0) is 4.79 Å². The molecule has 8 nitrogen and oxygen atoms in total. The van der Waals surface area contributed by atoms with Crippen LogP contribution in [0.2, 0.25) is 0 Å². The van der Waals surface area contributed by atoms with E-state index in [1.165, 1.54) is 12.1 Å². The SMILES string of the molecule is CCOc1cccc(NC(=O)/C(C#N)=C/c2cc(Br)c(O)c([N+](=O)[O-])c2)c1. The number of rotatable bonds is 6. The molecular weight excluding hydrogens is 418 g/mol. The molecule has 0 aromatic heterocycles. The van der Waals surface area contributed by atoms with Crippen LogP contribution in [0.3, 0.4) is 0 Å². The molecule has 0 unspecified atom stereocenters. The van der Waals surface area contributed by atoms with Gasteiger partial charge >= 0.3 is 5.69 Å². The van der Waals surface area contributed by atoms with Crippen LogP contribution in [0.25, 0.3) is 6.08 Å². The minimum Gasteiger partial charge on any atom is -0.501 e. The van der Waals surface area contributed by atoms with E-state index in [9.17, 15) is 25.3 Å². The summed E-state index contributed by atoms with van der Waals surface area (Å²) in [5, 5.41) is 32.5. The van der Waals surface area contributed by atoms with Crippen LogP contribution in [-0.4, -0.2) is 22.5 Å². The van der Waals surface area contributed by atoms with Gasteiger partial charge in [-0.2, -0.15) is 5.26 Å². The lowest BCUT2D eigenvalue weighted by atomic mass is 10.1. The second kappa shape index (κ2) is 8.82.